The molecule has 0 aliphatic carbocycles. The lowest BCUT2D eigenvalue weighted by atomic mass is 9.99. The maximum Gasteiger partial charge on any atom is 0.296 e. The second kappa shape index (κ2) is 5.90. The molecule has 0 atom stereocenters. The lowest BCUT2D eigenvalue weighted by Crippen LogP contribution is -2.22. The van der Waals surface area contributed by atoms with Gasteiger partial charge >= 0.3 is 0 Å². The summed E-state index contributed by atoms with van der Waals surface area (Å²) in [5, 5.41) is 10.7. The summed E-state index contributed by atoms with van der Waals surface area (Å²) in [5.41, 5.74) is 1.18. The van der Waals surface area contributed by atoms with Crippen molar-refractivity contribution in [1.29, 1.82) is 0 Å². The molecule has 4 heteroatoms. The highest BCUT2D eigenvalue weighted by molar-refractivity contribution is 5.88. The number of nitrogens with one attached hydrogen (secondary N) is 1. The minimum Gasteiger partial charge on any atom is -0.507 e. The van der Waals surface area contributed by atoms with Gasteiger partial charge in [-0.05, 0) is 30.0 Å². The van der Waals surface area contributed by atoms with Gasteiger partial charge < -0.3 is 10.1 Å². The molecule has 0 fully saturated rings. The number of aromatic hydroxyl groups is 1. The molecule has 4 nitrogen and oxygen atoms in total. The number of hydrogen-bond donors (Lipinski definition) is 2. The van der Waals surface area contributed by atoms with Crippen LogP contribution in [0.25, 0.3) is 10.9 Å². The first kappa shape index (κ1) is 14.3. The van der Waals surface area contributed by atoms with Crippen molar-refractivity contribution in [3.8, 4) is 5.75 Å². The summed E-state index contributed by atoms with van der Waals surface area (Å²) in [7, 11) is 0. The Labute approximate surface area is 117 Å². The molecule has 0 amide bonds. The zero-order valence-corrected chi connectivity index (χ0v) is 11.8. The number of H-pyrrole nitrogens is 1. The summed E-state index contributed by atoms with van der Waals surface area (Å²) in [6.07, 6.45) is 3.62. The maximum absolute atomic E-state index is 11.6. The Hall–Kier alpha value is -2.10. The molecule has 0 bridgehead atoms. The molecule has 0 saturated carbocycles. The van der Waals surface area contributed by atoms with Crippen LogP contribution in [0.5, 0.6) is 5.75 Å². The lowest BCUT2D eigenvalue weighted by Gasteiger charge is -2.08. The highest BCUT2D eigenvalue weighted by Crippen LogP contribution is 2.27. The Morgan fingerprint density at radius 2 is 1.75 bits per heavy atom. The maximum atomic E-state index is 11.6. The van der Waals surface area contributed by atoms with Gasteiger partial charge in [0, 0.05) is 11.5 Å². The first-order valence-electron chi connectivity index (χ1n) is 6.99. The van der Waals surface area contributed by atoms with Gasteiger partial charge in [0.15, 0.2) is 0 Å². The second-order valence-electron chi connectivity index (χ2n) is 5.03. The molecule has 0 spiro atoms. The van der Waals surface area contributed by atoms with Crippen molar-refractivity contribution in [3.63, 3.8) is 0 Å². The summed E-state index contributed by atoms with van der Waals surface area (Å²) in [5.74, 6) is -0.130. The van der Waals surface area contributed by atoms with Crippen molar-refractivity contribution < 1.29 is 5.11 Å². The number of aryl methyl sites for hydroxylation is 2. The van der Waals surface area contributed by atoms with E-state index in [1.165, 1.54) is 0 Å². The van der Waals surface area contributed by atoms with Gasteiger partial charge in [0.2, 0.25) is 5.43 Å². The van der Waals surface area contributed by atoms with Crippen LogP contribution in [0.3, 0.4) is 0 Å². The van der Waals surface area contributed by atoms with Gasteiger partial charge in [-0.1, -0.05) is 32.8 Å². The van der Waals surface area contributed by atoms with Gasteiger partial charge in [-0.2, -0.15) is 0 Å². The van der Waals surface area contributed by atoms with Crippen LogP contribution in [0.1, 0.15) is 37.8 Å². The van der Waals surface area contributed by atoms with Gasteiger partial charge in [0.1, 0.15) is 5.75 Å². The first-order chi connectivity index (χ1) is 9.56. The van der Waals surface area contributed by atoms with Crippen LogP contribution in [0, 0.1) is 0 Å². The highest BCUT2D eigenvalue weighted by atomic mass is 16.3. The standard InChI is InChI=1S/C16H19NO3/c1-3-5-10-7-11(6-4-2)15-12(8-10)17-16(20)14(19)9-13(15)18/h7-9,18H,3-6H2,1-2H3,(H,17,19,20). The van der Waals surface area contributed by atoms with E-state index in [-0.39, 0.29) is 5.75 Å². The minimum atomic E-state index is -0.724. The number of aromatic amines is 1. The van der Waals surface area contributed by atoms with Crippen LogP contribution in [0.2, 0.25) is 0 Å². The number of hydrogen-bond acceptors (Lipinski definition) is 3. The normalized spacial score (nSPS) is 10.9. The number of aromatic nitrogens is 1. The fourth-order valence-electron chi connectivity index (χ4n) is 2.51. The first-order valence-corrected chi connectivity index (χ1v) is 6.99. The van der Waals surface area contributed by atoms with E-state index in [1.807, 2.05) is 6.07 Å². The van der Waals surface area contributed by atoms with Crippen LogP contribution in [0.4, 0.5) is 0 Å². The molecule has 20 heavy (non-hydrogen) atoms. The SMILES string of the molecule is CCCc1cc(CCC)c2c(O)cc(=O)c(=O)[nH]c2c1. The van der Waals surface area contributed by atoms with E-state index in [2.05, 4.69) is 24.9 Å². The van der Waals surface area contributed by atoms with E-state index < -0.39 is 11.0 Å². The van der Waals surface area contributed by atoms with Crippen LogP contribution < -0.4 is 11.0 Å². The Balaban J connectivity index is 2.89. The largest absolute Gasteiger partial charge is 0.507 e. The van der Waals surface area contributed by atoms with Gasteiger partial charge in [0.25, 0.3) is 5.56 Å². The third-order valence-electron chi connectivity index (χ3n) is 3.33. The van der Waals surface area contributed by atoms with Crippen LogP contribution in [0.15, 0.2) is 27.8 Å². The Bertz CT molecular complexity index is 747. The fourth-order valence-corrected chi connectivity index (χ4v) is 2.51. The molecule has 2 N–H and O–H groups in total. The molecule has 0 aliphatic heterocycles. The molecular formula is C16H19NO3. The van der Waals surface area contributed by atoms with Gasteiger partial charge in [-0.25, -0.2) is 0 Å². The van der Waals surface area contributed by atoms with Crippen molar-refractivity contribution in [3.05, 3.63) is 49.9 Å². The van der Waals surface area contributed by atoms with Gasteiger partial charge in [-0.15, -0.1) is 0 Å². The van der Waals surface area contributed by atoms with E-state index in [0.29, 0.717) is 10.9 Å². The Morgan fingerprint density at radius 3 is 2.40 bits per heavy atom. The molecule has 0 radical (unpaired) electrons. The molecule has 0 saturated heterocycles. The smallest absolute Gasteiger partial charge is 0.296 e. The Morgan fingerprint density at radius 1 is 1.05 bits per heavy atom. The monoisotopic (exact) mass is 273 g/mol. The zero-order valence-electron chi connectivity index (χ0n) is 11.8. The van der Waals surface area contributed by atoms with Crippen molar-refractivity contribution in [1.82, 2.24) is 4.98 Å². The van der Waals surface area contributed by atoms with E-state index in [4.69, 9.17) is 0 Å². The Kier molecular flexibility index (Phi) is 4.23. The summed E-state index contributed by atoms with van der Waals surface area (Å²) >= 11 is 0. The van der Waals surface area contributed by atoms with E-state index in [9.17, 15) is 14.7 Å². The number of fused-ring (bicyclic) bond motifs is 1. The molecule has 0 unspecified atom stereocenters. The molecule has 2 rings (SSSR count). The average molecular weight is 273 g/mol. The fraction of sp³-hybridized carbons (Fsp3) is 0.375. The second-order valence-corrected chi connectivity index (χ2v) is 5.03. The number of benzene rings is 1. The van der Waals surface area contributed by atoms with Crippen LogP contribution in [-0.2, 0) is 12.8 Å². The number of rotatable bonds is 4. The van der Waals surface area contributed by atoms with E-state index in [0.717, 1.165) is 42.9 Å². The topological polar surface area (TPSA) is 70.2 Å². The molecule has 2 aromatic rings. The van der Waals surface area contributed by atoms with Crippen LogP contribution in [-0.4, -0.2) is 10.1 Å². The highest BCUT2D eigenvalue weighted by Gasteiger charge is 2.09. The van der Waals surface area contributed by atoms with Crippen molar-refractivity contribution in [2.24, 2.45) is 0 Å². The molecule has 1 aromatic carbocycles. The molecular weight excluding hydrogens is 254 g/mol. The third kappa shape index (κ3) is 2.74. The van der Waals surface area contributed by atoms with Crippen molar-refractivity contribution in [2.45, 2.75) is 39.5 Å². The van der Waals surface area contributed by atoms with Crippen LogP contribution >= 0.6 is 0 Å². The zero-order chi connectivity index (χ0) is 14.7. The predicted octanol–water partition coefficient (Wildman–Crippen LogP) is 2.50. The average Bonchev–Trinajstić information content (AvgIpc) is 2.48. The summed E-state index contributed by atoms with van der Waals surface area (Å²) < 4.78 is 0. The lowest BCUT2D eigenvalue weighted by molar-refractivity contribution is 0.481. The predicted molar refractivity (Wildman–Crippen MR) is 80.5 cm³/mol. The summed E-state index contributed by atoms with van der Waals surface area (Å²) in [6, 6.07) is 4.90. The molecule has 1 aromatic heterocycles. The quantitative estimate of drug-likeness (QED) is 0.841. The van der Waals surface area contributed by atoms with Crippen molar-refractivity contribution >= 4 is 10.9 Å². The molecule has 1 heterocycles. The van der Waals surface area contributed by atoms with Crippen molar-refractivity contribution in [2.75, 3.05) is 0 Å². The molecule has 106 valence electrons. The summed E-state index contributed by atoms with van der Waals surface area (Å²) in [6.45, 7) is 4.14. The van der Waals surface area contributed by atoms with E-state index >= 15 is 0 Å². The van der Waals surface area contributed by atoms with Gasteiger partial charge in [-0.3, -0.25) is 9.59 Å². The third-order valence-corrected chi connectivity index (χ3v) is 3.33. The minimum absolute atomic E-state index is 0.130. The summed E-state index contributed by atoms with van der Waals surface area (Å²) in [4.78, 5) is 25.8. The molecule has 0 aliphatic rings. The van der Waals surface area contributed by atoms with E-state index in [1.54, 1.807) is 0 Å². The van der Waals surface area contributed by atoms with Gasteiger partial charge in [0.05, 0.1) is 5.52 Å².